The molecule has 0 saturated carbocycles. The number of nitrogen functional groups attached to an aromatic ring is 1. The number of nitroso groups, excluding NO2 is 1. The van der Waals surface area contributed by atoms with Crippen molar-refractivity contribution in [3.05, 3.63) is 83.3 Å². The molecule has 4 rings (SSSR count). The van der Waals surface area contributed by atoms with Crippen LogP contribution in [-0.4, -0.2) is 9.78 Å². The zero-order chi connectivity index (χ0) is 17.2. The Morgan fingerprint density at radius 1 is 0.920 bits per heavy atom. The van der Waals surface area contributed by atoms with Crippen molar-refractivity contribution in [2.75, 3.05) is 5.73 Å². The second-order valence-corrected chi connectivity index (χ2v) is 5.88. The third-order valence-corrected chi connectivity index (χ3v) is 4.26. The van der Waals surface area contributed by atoms with Gasteiger partial charge in [0.15, 0.2) is 11.5 Å². The molecule has 4 aromatic rings. The number of anilines is 1. The highest BCUT2D eigenvalue weighted by Gasteiger charge is 2.18. The molecule has 3 aromatic carbocycles. The van der Waals surface area contributed by atoms with Gasteiger partial charge < -0.3 is 5.73 Å². The minimum atomic E-state index is 0.186. The molecule has 0 unspecified atom stereocenters. The predicted octanol–water partition coefficient (Wildman–Crippen LogP) is 4.73. The lowest BCUT2D eigenvalue weighted by molar-refractivity contribution is 0.700. The first kappa shape index (κ1) is 15.1. The molecule has 122 valence electrons. The highest BCUT2D eigenvalue weighted by Crippen LogP contribution is 2.36. The second kappa shape index (κ2) is 6.20. The van der Waals surface area contributed by atoms with Crippen molar-refractivity contribution in [1.29, 1.82) is 0 Å². The summed E-state index contributed by atoms with van der Waals surface area (Å²) >= 11 is 0. The van der Waals surface area contributed by atoms with Crippen LogP contribution in [0.3, 0.4) is 0 Å². The van der Waals surface area contributed by atoms with Gasteiger partial charge in [-0.05, 0) is 27.6 Å². The van der Waals surface area contributed by atoms with Crippen LogP contribution in [0.4, 0.5) is 11.5 Å². The first-order valence-corrected chi connectivity index (χ1v) is 7.99. The third kappa shape index (κ3) is 2.76. The van der Waals surface area contributed by atoms with E-state index in [1.54, 1.807) is 4.68 Å². The average Bonchev–Trinajstić information content (AvgIpc) is 2.98. The van der Waals surface area contributed by atoms with Gasteiger partial charge in [-0.2, -0.15) is 5.10 Å². The molecule has 0 atom stereocenters. The maximum atomic E-state index is 11.4. The van der Waals surface area contributed by atoms with Crippen molar-refractivity contribution in [1.82, 2.24) is 9.78 Å². The van der Waals surface area contributed by atoms with Crippen LogP contribution >= 0.6 is 0 Å². The van der Waals surface area contributed by atoms with Crippen molar-refractivity contribution in [3.8, 4) is 11.3 Å². The molecule has 0 saturated heterocycles. The summed E-state index contributed by atoms with van der Waals surface area (Å²) in [6, 6.07) is 23.8. The number of benzene rings is 3. The monoisotopic (exact) mass is 328 g/mol. The van der Waals surface area contributed by atoms with E-state index < -0.39 is 0 Å². The van der Waals surface area contributed by atoms with Crippen LogP contribution in [0.2, 0.25) is 0 Å². The maximum absolute atomic E-state index is 11.4. The third-order valence-electron chi connectivity index (χ3n) is 4.26. The Kier molecular flexibility index (Phi) is 3.74. The fraction of sp³-hybridized carbons (Fsp3) is 0.0500. The number of aromatic nitrogens is 2. The van der Waals surface area contributed by atoms with Gasteiger partial charge in [-0.25, -0.2) is 4.68 Å². The molecular weight excluding hydrogens is 312 g/mol. The Bertz CT molecular complexity index is 1050. The fourth-order valence-corrected chi connectivity index (χ4v) is 2.96. The highest BCUT2D eigenvalue weighted by atomic mass is 16.3. The second-order valence-electron chi connectivity index (χ2n) is 5.88. The Labute approximate surface area is 144 Å². The van der Waals surface area contributed by atoms with E-state index in [9.17, 15) is 4.91 Å². The summed E-state index contributed by atoms with van der Waals surface area (Å²) < 4.78 is 1.62. The van der Waals surface area contributed by atoms with Crippen molar-refractivity contribution in [2.24, 2.45) is 5.18 Å². The molecule has 0 radical (unpaired) electrons. The van der Waals surface area contributed by atoms with E-state index in [1.807, 2.05) is 72.8 Å². The van der Waals surface area contributed by atoms with E-state index >= 15 is 0 Å². The van der Waals surface area contributed by atoms with Crippen molar-refractivity contribution < 1.29 is 0 Å². The van der Waals surface area contributed by atoms with Crippen LogP contribution in [0.1, 0.15) is 5.56 Å². The topological polar surface area (TPSA) is 73.3 Å². The predicted molar refractivity (Wildman–Crippen MR) is 101 cm³/mol. The molecule has 25 heavy (non-hydrogen) atoms. The zero-order valence-corrected chi connectivity index (χ0v) is 13.5. The van der Waals surface area contributed by atoms with Crippen LogP contribution in [0.15, 0.2) is 78.0 Å². The van der Waals surface area contributed by atoms with Gasteiger partial charge in [-0.3, -0.25) is 0 Å². The lowest BCUT2D eigenvalue weighted by Gasteiger charge is -2.03. The van der Waals surface area contributed by atoms with E-state index in [4.69, 9.17) is 5.73 Å². The van der Waals surface area contributed by atoms with Crippen LogP contribution in [0.5, 0.6) is 0 Å². The van der Waals surface area contributed by atoms with Crippen molar-refractivity contribution >= 4 is 22.3 Å². The molecule has 0 amide bonds. The molecule has 0 fully saturated rings. The van der Waals surface area contributed by atoms with Crippen LogP contribution in [-0.2, 0) is 6.54 Å². The van der Waals surface area contributed by atoms with Crippen LogP contribution in [0, 0.1) is 4.91 Å². The number of hydrogen-bond acceptors (Lipinski definition) is 4. The number of hydrogen-bond donors (Lipinski definition) is 1. The summed E-state index contributed by atoms with van der Waals surface area (Å²) in [5.41, 5.74) is 8.69. The molecule has 5 nitrogen and oxygen atoms in total. The molecule has 0 spiro atoms. The molecule has 2 N–H and O–H groups in total. The standard InChI is InChI=1S/C20H16N4O/c21-20-19(23-25)18(22-24(20)13-14-6-2-1-3-7-14)17-11-10-15-8-4-5-9-16(15)12-17/h1-12H,13,21H2. The number of fused-ring (bicyclic) bond motifs is 1. The maximum Gasteiger partial charge on any atom is 0.177 e. The number of rotatable bonds is 4. The number of nitrogens with two attached hydrogens (primary N) is 1. The van der Waals surface area contributed by atoms with Gasteiger partial charge in [0, 0.05) is 5.56 Å². The highest BCUT2D eigenvalue weighted by molar-refractivity contribution is 5.89. The van der Waals surface area contributed by atoms with Gasteiger partial charge in [0.25, 0.3) is 0 Å². The van der Waals surface area contributed by atoms with E-state index in [2.05, 4.69) is 10.3 Å². The van der Waals surface area contributed by atoms with E-state index in [1.165, 1.54) is 0 Å². The minimum absolute atomic E-state index is 0.186. The molecule has 0 aliphatic carbocycles. The summed E-state index contributed by atoms with van der Waals surface area (Å²) in [5.74, 6) is 0.280. The van der Waals surface area contributed by atoms with Gasteiger partial charge in [-0.15, -0.1) is 4.91 Å². The molecule has 5 heteroatoms. The summed E-state index contributed by atoms with van der Waals surface area (Å²) in [5, 5.41) is 9.89. The van der Waals surface area contributed by atoms with Crippen LogP contribution < -0.4 is 5.73 Å². The van der Waals surface area contributed by atoms with Crippen molar-refractivity contribution in [3.63, 3.8) is 0 Å². The summed E-state index contributed by atoms with van der Waals surface area (Å²) in [6.07, 6.45) is 0. The molecule has 0 aliphatic heterocycles. The normalized spacial score (nSPS) is 10.9. The Morgan fingerprint density at radius 2 is 1.64 bits per heavy atom. The zero-order valence-electron chi connectivity index (χ0n) is 13.5. The van der Waals surface area contributed by atoms with Gasteiger partial charge in [0.1, 0.15) is 5.69 Å². The SMILES string of the molecule is Nc1c(N=O)c(-c2ccc3ccccc3c2)nn1Cc1ccccc1. The summed E-state index contributed by atoms with van der Waals surface area (Å²) in [4.78, 5) is 11.4. The first-order valence-electron chi connectivity index (χ1n) is 7.99. The molecule has 0 aliphatic rings. The minimum Gasteiger partial charge on any atom is -0.382 e. The molecule has 1 aromatic heterocycles. The lowest BCUT2D eigenvalue weighted by Crippen LogP contribution is -2.05. The summed E-state index contributed by atoms with van der Waals surface area (Å²) in [6.45, 7) is 0.489. The number of nitrogens with zero attached hydrogens (tertiary/aromatic N) is 3. The van der Waals surface area contributed by atoms with E-state index in [0.29, 0.717) is 12.2 Å². The summed E-state index contributed by atoms with van der Waals surface area (Å²) in [7, 11) is 0. The Morgan fingerprint density at radius 3 is 2.40 bits per heavy atom. The first-order chi connectivity index (χ1) is 12.3. The van der Waals surface area contributed by atoms with Gasteiger partial charge in [-0.1, -0.05) is 66.7 Å². The molecule has 1 heterocycles. The fourth-order valence-electron chi connectivity index (χ4n) is 2.96. The molecule has 0 bridgehead atoms. The van der Waals surface area contributed by atoms with Crippen LogP contribution in [0.25, 0.3) is 22.0 Å². The smallest absolute Gasteiger partial charge is 0.177 e. The van der Waals surface area contributed by atoms with Gasteiger partial charge in [0.2, 0.25) is 0 Å². The van der Waals surface area contributed by atoms with Gasteiger partial charge >= 0.3 is 0 Å². The largest absolute Gasteiger partial charge is 0.382 e. The average molecular weight is 328 g/mol. The quantitative estimate of drug-likeness (QED) is 0.550. The van der Waals surface area contributed by atoms with E-state index in [-0.39, 0.29) is 11.5 Å². The Hall–Kier alpha value is -3.47. The molecular formula is C20H16N4O. The lowest BCUT2D eigenvalue weighted by atomic mass is 10.0. The van der Waals surface area contributed by atoms with Gasteiger partial charge in [0.05, 0.1) is 6.54 Å². The van der Waals surface area contributed by atoms with Crippen molar-refractivity contribution in [2.45, 2.75) is 6.54 Å². The van der Waals surface area contributed by atoms with E-state index in [0.717, 1.165) is 21.9 Å². The Balaban J connectivity index is 1.80.